The smallest absolute Gasteiger partial charge is 0.254 e. The van der Waals surface area contributed by atoms with Crippen molar-refractivity contribution in [1.29, 1.82) is 0 Å². The second kappa shape index (κ2) is 11.3. The van der Waals surface area contributed by atoms with Crippen LogP contribution in [-0.2, 0) is 29.2 Å². The second-order valence-electron chi connectivity index (χ2n) is 9.73. The number of nitrogen functional groups attached to an aromatic ring is 1. The van der Waals surface area contributed by atoms with E-state index in [-0.39, 0.29) is 10.8 Å². The highest BCUT2D eigenvalue weighted by atomic mass is 32.2. The van der Waals surface area contributed by atoms with Crippen LogP contribution in [0.15, 0.2) is 77.5 Å². The molecule has 0 fully saturated rings. The van der Waals surface area contributed by atoms with Gasteiger partial charge in [0.1, 0.15) is 12.4 Å². The van der Waals surface area contributed by atoms with E-state index in [0.717, 1.165) is 39.3 Å². The molecule has 4 aromatic rings. The first-order valence-electron chi connectivity index (χ1n) is 13.0. The molecule has 40 heavy (non-hydrogen) atoms. The lowest BCUT2D eigenvalue weighted by atomic mass is 9.95. The zero-order chi connectivity index (χ0) is 28.4. The summed E-state index contributed by atoms with van der Waals surface area (Å²) in [5, 5.41) is 2.48. The van der Waals surface area contributed by atoms with Crippen molar-refractivity contribution >= 4 is 32.2 Å². The normalized spacial score (nSPS) is 13.3. The molecule has 1 amide bonds. The van der Waals surface area contributed by atoms with E-state index in [1.54, 1.807) is 23.1 Å². The van der Waals surface area contributed by atoms with Gasteiger partial charge in [0.15, 0.2) is 15.0 Å². The number of rotatable bonds is 7. The molecular formula is C31H31N3O4S2. The summed E-state index contributed by atoms with van der Waals surface area (Å²) in [4.78, 5) is 20.2. The molecule has 0 saturated heterocycles. The van der Waals surface area contributed by atoms with Gasteiger partial charge in [0.2, 0.25) is 0 Å². The fraction of sp³-hybridized carbons (Fsp3) is 0.226. The number of fused-ring (bicyclic) bond motifs is 1. The standard InChI is InChI=1S/C31H31N3O4S2/c1-4-6-25-24(5-2)26(12-14-29(25)40(3,36)37)30(35)34-15-16-38-28-13-11-22(17-23(28)18-34)20-7-9-21(10-8-20)27-19-39-31(32)33-27/h4,7-14,17,19H,1,5-6,15-16,18H2,2-3H3,(H2,32,33). The van der Waals surface area contributed by atoms with Crippen LogP contribution in [0, 0.1) is 0 Å². The Balaban J connectivity index is 1.45. The average Bonchev–Trinajstić information content (AvgIpc) is 3.26. The molecule has 0 radical (unpaired) electrons. The number of nitrogens with two attached hydrogens (primary N) is 1. The third-order valence-corrected chi connectivity index (χ3v) is 8.94. The number of anilines is 1. The van der Waals surface area contributed by atoms with Crippen LogP contribution in [0.4, 0.5) is 5.13 Å². The van der Waals surface area contributed by atoms with Crippen molar-refractivity contribution in [3.8, 4) is 28.1 Å². The minimum absolute atomic E-state index is 0.143. The van der Waals surface area contributed by atoms with Crippen LogP contribution in [0.2, 0.25) is 0 Å². The molecular weight excluding hydrogens is 542 g/mol. The van der Waals surface area contributed by atoms with Gasteiger partial charge in [0.05, 0.1) is 17.1 Å². The topological polar surface area (TPSA) is 103 Å². The van der Waals surface area contributed by atoms with Crippen molar-refractivity contribution in [2.75, 3.05) is 25.1 Å². The van der Waals surface area contributed by atoms with E-state index in [9.17, 15) is 13.2 Å². The second-order valence-corrected chi connectivity index (χ2v) is 12.6. The number of amides is 1. The molecule has 0 unspecified atom stereocenters. The molecule has 0 aliphatic carbocycles. The SMILES string of the molecule is C=CCc1c(S(C)(=O)=O)ccc(C(=O)N2CCOc3ccc(-c4ccc(-c5csc(N)n5)cc4)cc3C2)c1CC. The third kappa shape index (κ3) is 5.52. The van der Waals surface area contributed by atoms with E-state index in [2.05, 4.69) is 17.6 Å². The van der Waals surface area contributed by atoms with Crippen LogP contribution in [0.1, 0.15) is 34.0 Å². The maximum Gasteiger partial charge on any atom is 0.254 e. The summed E-state index contributed by atoms with van der Waals surface area (Å²) in [7, 11) is -3.45. The highest BCUT2D eigenvalue weighted by Crippen LogP contribution is 2.32. The predicted molar refractivity (Wildman–Crippen MR) is 160 cm³/mol. The molecule has 0 atom stereocenters. The number of carbonyl (C=O) groups is 1. The largest absolute Gasteiger partial charge is 0.491 e. The van der Waals surface area contributed by atoms with Crippen LogP contribution in [0.3, 0.4) is 0 Å². The lowest BCUT2D eigenvalue weighted by Gasteiger charge is -2.23. The van der Waals surface area contributed by atoms with Gasteiger partial charge in [0.25, 0.3) is 5.91 Å². The molecule has 1 aliphatic heterocycles. The Kier molecular flexibility index (Phi) is 7.78. The molecule has 7 nitrogen and oxygen atoms in total. The van der Waals surface area contributed by atoms with E-state index >= 15 is 0 Å². The van der Waals surface area contributed by atoms with Gasteiger partial charge in [-0.2, -0.15) is 0 Å². The maximum absolute atomic E-state index is 13.9. The van der Waals surface area contributed by atoms with Crippen LogP contribution in [0.25, 0.3) is 22.4 Å². The molecule has 3 aromatic carbocycles. The minimum Gasteiger partial charge on any atom is -0.491 e. The summed E-state index contributed by atoms with van der Waals surface area (Å²) in [5.41, 5.74) is 12.5. The number of benzene rings is 3. The Labute approximate surface area is 238 Å². The number of carbonyl (C=O) groups excluding carboxylic acids is 1. The lowest BCUT2D eigenvalue weighted by molar-refractivity contribution is 0.0732. The molecule has 1 aliphatic rings. The molecule has 2 heterocycles. The monoisotopic (exact) mass is 573 g/mol. The maximum atomic E-state index is 13.9. The molecule has 0 bridgehead atoms. The summed E-state index contributed by atoms with van der Waals surface area (Å²) in [6, 6.07) is 17.4. The van der Waals surface area contributed by atoms with E-state index in [1.807, 2.05) is 48.7 Å². The quantitative estimate of drug-likeness (QED) is 0.281. The first-order valence-corrected chi connectivity index (χ1v) is 15.8. The van der Waals surface area contributed by atoms with Gasteiger partial charge in [-0.1, -0.05) is 43.3 Å². The zero-order valence-corrected chi connectivity index (χ0v) is 24.1. The first-order chi connectivity index (χ1) is 19.2. The lowest BCUT2D eigenvalue weighted by Crippen LogP contribution is -2.33. The highest BCUT2D eigenvalue weighted by molar-refractivity contribution is 7.90. The molecule has 2 N–H and O–H groups in total. The summed E-state index contributed by atoms with van der Waals surface area (Å²) < 4.78 is 30.9. The van der Waals surface area contributed by atoms with Gasteiger partial charge in [-0.3, -0.25) is 4.79 Å². The Morgan fingerprint density at radius 2 is 1.82 bits per heavy atom. The van der Waals surface area contributed by atoms with Gasteiger partial charge in [-0.05, 0) is 59.4 Å². The van der Waals surface area contributed by atoms with E-state index in [0.29, 0.717) is 48.8 Å². The summed E-state index contributed by atoms with van der Waals surface area (Å²) >= 11 is 1.41. The van der Waals surface area contributed by atoms with Crippen LogP contribution in [0.5, 0.6) is 5.75 Å². The van der Waals surface area contributed by atoms with Crippen molar-refractivity contribution in [3.05, 3.63) is 94.9 Å². The number of allylic oxidation sites excluding steroid dienone is 1. The van der Waals surface area contributed by atoms with Crippen molar-refractivity contribution in [1.82, 2.24) is 9.88 Å². The fourth-order valence-corrected chi connectivity index (χ4v) is 6.70. The highest BCUT2D eigenvalue weighted by Gasteiger charge is 2.26. The van der Waals surface area contributed by atoms with Crippen LogP contribution >= 0.6 is 11.3 Å². The van der Waals surface area contributed by atoms with Crippen molar-refractivity contribution in [3.63, 3.8) is 0 Å². The molecule has 9 heteroatoms. The molecule has 5 rings (SSSR count). The Morgan fingerprint density at radius 3 is 2.48 bits per heavy atom. The summed E-state index contributed by atoms with van der Waals surface area (Å²) in [6.07, 6.45) is 3.77. The summed E-state index contributed by atoms with van der Waals surface area (Å²) in [5.74, 6) is 0.611. The number of hydrogen-bond donors (Lipinski definition) is 1. The van der Waals surface area contributed by atoms with E-state index < -0.39 is 9.84 Å². The van der Waals surface area contributed by atoms with Crippen molar-refractivity contribution < 1.29 is 17.9 Å². The fourth-order valence-electron chi connectivity index (χ4n) is 5.16. The molecule has 0 saturated carbocycles. The van der Waals surface area contributed by atoms with Gasteiger partial charge in [-0.25, -0.2) is 13.4 Å². The molecule has 206 valence electrons. The first kappa shape index (κ1) is 27.6. The average molecular weight is 574 g/mol. The minimum atomic E-state index is -3.45. The predicted octanol–water partition coefficient (Wildman–Crippen LogP) is 5.79. The van der Waals surface area contributed by atoms with Gasteiger partial charge in [0, 0.05) is 34.9 Å². The van der Waals surface area contributed by atoms with Gasteiger partial charge < -0.3 is 15.4 Å². The Hall–Kier alpha value is -3.95. The Bertz CT molecular complexity index is 1690. The number of thiazole rings is 1. The Morgan fingerprint density at radius 1 is 1.10 bits per heavy atom. The van der Waals surface area contributed by atoms with Gasteiger partial charge >= 0.3 is 0 Å². The van der Waals surface area contributed by atoms with E-state index in [4.69, 9.17) is 10.5 Å². The number of hydrogen-bond acceptors (Lipinski definition) is 7. The summed E-state index contributed by atoms with van der Waals surface area (Å²) in [6.45, 7) is 6.90. The van der Waals surface area contributed by atoms with Crippen LogP contribution < -0.4 is 10.5 Å². The molecule has 0 spiro atoms. The number of aromatic nitrogens is 1. The zero-order valence-electron chi connectivity index (χ0n) is 22.5. The number of sulfone groups is 1. The van der Waals surface area contributed by atoms with Crippen LogP contribution in [-0.4, -0.2) is 43.6 Å². The number of nitrogens with zero attached hydrogens (tertiary/aromatic N) is 2. The molecule has 1 aromatic heterocycles. The number of ether oxygens (including phenoxy) is 1. The van der Waals surface area contributed by atoms with Crippen molar-refractivity contribution in [2.24, 2.45) is 0 Å². The van der Waals surface area contributed by atoms with Gasteiger partial charge in [-0.15, -0.1) is 17.9 Å². The third-order valence-electron chi connectivity index (χ3n) is 7.08. The van der Waals surface area contributed by atoms with Crippen molar-refractivity contribution in [2.45, 2.75) is 31.2 Å². The van der Waals surface area contributed by atoms with E-state index in [1.165, 1.54) is 17.6 Å².